The Bertz CT molecular complexity index is 1200. The smallest absolute Gasteiger partial charge is 0.253 e. The van der Waals surface area contributed by atoms with Gasteiger partial charge >= 0.3 is 0 Å². The molecule has 180 valence electrons. The first-order valence-electron chi connectivity index (χ1n) is 11.9. The Labute approximate surface area is 204 Å². The SMILES string of the molecule is COc1cccc(F)c1-c1ccc(C(=O)N2CC(N3CCN(C(=O)c4ccccc4)CC3)C2)cc1. The van der Waals surface area contributed by atoms with Crippen molar-refractivity contribution in [1.29, 1.82) is 0 Å². The Kier molecular flexibility index (Phi) is 6.51. The predicted molar refractivity (Wildman–Crippen MR) is 132 cm³/mol. The molecule has 0 spiro atoms. The van der Waals surface area contributed by atoms with E-state index in [0.29, 0.717) is 54.7 Å². The summed E-state index contributed by atoms with van der Waals surface area (Å²) in [5, 5.41) is 0. The van der Waals surface area contributed by atoms with E-state index in [2.05, 4.69) is 4.90 Å². The maximum atomic E-state index is 14.4. The number of likely N-dealkylation sites (tertiary alicyclic amines) is 1. The van der Waals surface area contributed by atoms with Crippen LogP contribution in [0.4, 0.5) is 4.39 Å². The molecule has 35 heavy (non-hydrogen) atoms. The van der Waals surface area contributed by atoms with Crippen molar-refractivity contribution in [3.05, 3.63) is 89.7 Å². The van der Waals surface area contributed by atoms with Crippen LogP contribution >= 0.6 is 0 Å². The van der Waals surface area contributed by atoms with Crippen LogP contribution in [-0.4, -0.2) is 78.9 Å². The summed E-state index contributed by atoms with van der Waals surface area (Å²) in [6, 6.07) is 21.4. The third-order valence-corrected chi connectivity index (χ3v) is 6.90. The van der Waals surface area contributed by atoms with Gasteiger partial charge in [0.15, 0.2) is 0 Å². The van der Waals surface area contributed by atoms with Crippen molar-refractivity contribution in [2.45, 2.75) is 6.04 Å². The van der Waals surface area contributed by atoms with Gasteiger partial charge < -0.3 is 14.5 Å². The number of hydrogen-bond donors (Lipinski definition) is 0. The normalized spacial score (nSPS) is 16.6. The largest absolute Gasteiger partial charge is 0.496 e. The van der Waals surface area contributed by atoms with Crippen LogP contribution in [0.15, 0.2) is 72.8 Å². The first kappa shape index (κ1) is 23.1. The standard InChI is InChI=1S/C28H28FN3O3/c1-35-25-9-5-8-24(29)26(25)20-10-12-22(13-11-20)28(34)32-18-23(19-32)30-14-16-31(17-15-30)27(33)21-6-3-2-4-7-21/h2-13,23H,14-19H2,1H3. The van der Waals surface area contributed by atoms with E-state index in [9.17, 15) is 14.0 Å². The lowest BCUT2D eigenvalue weighted by Crippen LogP contribution is -2.64. The second-order valence-corrected chi connectivity index (χ2v) is 8.95. The number of carbonyl (C=O) groups is 2. The van der Waals surface area contributed by atoms with Gasteiger partial charge in [0, 0.05) is 56.4 Å². The molecule has 2 fully saturated rings. The average molecular weight is 474 g/mol. The molecule has 5 rings (SSSR count). The number of ether oxygens (including phenoxy) is 1. The van der Waals surface area contributed by atoms with E-state index in [-0.39, 0.29) is 17.6 Å². The van der Waals surface area contributed by atoms with Gasteiger partial charge in [0.1, 0.15) is 11.6 Å². The van der Waals surface area contributed by atoms with Crippen LogP contribution in [0.1, 0.15) is 20.7 Å². The maximum Gasteiger partial charge on any atom is 0.253 e. The van der Waals surface area contributed by atoms with E-state index in [1.807, 2.05) is 40.1 Å². The zero-order valence-electron chi connectivity index (χ0n) is 19.7. The van der Waals surface area contributed by atoms with E-state index in [4.69, 9.17) is 4.74 Å². The topological polar surface area (TPSA) is 53.1 Å². The molecule has 0 unspecified atom stereocenters. The molecule has 2 aliphatic heterocycles. The number of piperazine rings is 1. The molecule has 2 aliphatic rings. The fourth-order valence-corrected chi connectivity index (χ4v) is 4.82. The highest BCUT2D eigenvalue weighted by atomic mass is 19.1. The second-order valence-electron chi connectivity index (χ2n) is 8.95. The molecule has 0 atom stereocenters. The first-order valence-corrected chi connectivity index (χ1v) is 11.9. The summed E-state index contributed by atoms with van der Waals surface area (Å²) in [7, 11) is 1.51. The Hall–Kier alpha value is -3.71. The van der Waals surface area contributed by atoms with Crippen LogP contribution in [0.25, 0.3) is 11.1 Å². The van der Waals surface area contributed by atoms with Crippen molar-refractivity contribution >= 4 is 11.8 Å². The van der Waals surface area contributed by atoms with Crippen LogP contribution in [0.2, 0.25) is 0 Å². The highest BCUT2D eigenvalue weighted by molar-refractivity contribution is 5.95. The molecule has 3 aromatic rings. The van der Waals surface area contributed by atoms with Crippen molar-refractivity contribution in [3.63, 3.8) is 0 Å². The summed E-state index contributed by atoms with van der Waals surface area (Å²) in [5.74, 6) is 0.151. The number of carbonyl (C=O) groups excluding carboxylic acids is 2. The van der Waals surface area contributed by atoms with Gasteiger partial charge in [-0.05, 0) is 42.0 Å². The maximum absolute atomic E-state index is 14.4. The highest BCUT2D eigenvalue weighted by Gasteiger charge is 2.37. The number of nitrogens with zero attached hydrogens (tertiary/aromatic N) is 3. The second kappa shape index (κ2) is 9.88. The minimum Gasteiger partial charge on any atom is -0.496 e. The van der Waals surface area contributed by atoms with Gasteiger partial charge in [-0.2, -0.15) is 0 Å². The van der Waals surface area contributed by atoms with Crippen LogP contribution < -0.4 is 4.74 Å². The van der Waals surface area contributed by atoms with Gasteiger partial charge in [0.25, 0.3) is 11.8 Å². The number of halogens is 1. The molecule has 7 heteroatoms. The zero-order chi connectivity index (χ0) is 24.4. The number of amides is 2. The molecule has 0 bridgehead atoms. The summed E-state index contributed by atoms with van der Waals surface area (Å²) < 4.78 is 19.7. The minimum absolute atomic E-state index is 0.0220. The van der Waals surface area contributed by atoms with Crippen LogP contribution in [0.3, 0.4) is 0 Å². The van der Waals surface area contributed by atoms with Crippen molar-refractivity contribution in [3.8, 4) is 16.9 Å². The summed E-state index contributed by atoms with van der Waals surface area (Å²) in [5.41, 5.74) is 2.37. The van der Waals surface area contributed by atoms with Gasteiger partial charge in [0.05, 0.1) is 12.7 Å². The van der Waals surface area contributed by atoms with Crippen LogP contribution in [0, 0.1) is 5.82 Å². The van der Waals surface area contributed by atoms with Crippen molar-refractivity contribution in [2.75, 3.05) is 46.4 Å². The van der Waals surface area contributed by atoms with E-state index in [1.165, 1.54) is 13.2 Å². The summed E-state index contributed by atoms with van der Waals surface area (Å²) in [4.78, 5) is 31.7. The van der Waals surface area contributed by atoms with Crippen LogP contribution in [0.5, 0.6) is 5.75 Å². The van der Waals surface area contributed by atoms with Crippen LogP contribution in [-0.2, 0) is 0 Å². The summed E-state index contributed by atoms with van der Waals surface area (Å²) in [6.45, 7) is 4.36. The van der Waals surface area contributed by atoms with E-state index < -0.39 is 0 Å². The van der Waals surface area contributed by atoms with Gasteiger partial charge in [-0.15, -0.1) is 0 Å². The lowest BCUT2D eigenvalue weighted by atomic mass is 10.00. The van der Waals surface area contributed by atoms with Gasteiger partial charge in [-0.25, -0.2) is 4.39 Å². The van der Waals surface area contributed by atoms with E-state index in [1.54, 1.807) is 36.4 Å². The third kappa shape index (κ3) is 4.64. The number of rotatable bonds is 5. The molecule has 2 saturated heterocycles. The fourth-order valence-electron chi connectivity index (χ4n) is 4.82. The lowest BCUT2D eigenvalue weighted by Gasteiger charge is -2.48. The van der Waals surface area contributed by atoms with E-state index in [0.717, 1.165) is 18.7 Å². The molecule has 0 aromatic heterocycles. The molecule has 0 aliphatic carbocycles. The molecule has 0 N–H and O–H groups in total. The quantitative estimate of drug-likeness (QED) is 0.566. The molecule has 3 aromatic carbocycles. The van der Waals surface area contributed by atoms with Gasteiger partial charge in [-0.1, -0.05) is 36.4 Å². The molecule has 0 radical (unpaired) electrons. The Morgan fingerprint density at radius 2 is 1.40 bits per heavy atom. The molecule has 0 saturated carbocycles. The average Bonchev–Trinajstić information content (AvgIpc) is 2.88. The molecular weight excluding hydrogens is 445 g/mol. The minimum atomic E-state index is -0.362. The number of hydrogen-bond acceptors (Lipinski definition) is 4. The van der Waals surface area contributed by atoms with Gasteiger partial charge in [0.2, 0.25) is 0 Å². The summed E-state index contributed by atoms with van der Waals surface area (Å²) >= 11 is 0. The zero-order valence-corrected chi connectivity index (χ0v) is 19.7. The monoisotopic (exact) mass is 473 g/mol. The summed E-state index contributed by atoms with van der Waals surface area (Å²) in [6.07, 6.45) is 0. The van der Waals surface area contributed by atoms with Crippen molar-refractivity contribution in [1.82, 2.24) is 14.7 Å². The van der Waals surface area contributed by atoms with Gasteiger partial charge in [-0.3, -0.25) is 14.5 Å². The first-order chi connectivity index (χ1) is 17.0. The lowest BCUT2D eigenvalue weighted by molar-refractivity contribution is 0.00854. The van der Waals surface area contributed by atoms with E-state index >= 15 is 0 Å². The number of methoxy groups -OCH3 is 1. The molecule has 2 heterocycles. The van der Waals surface area contributed by atoms with Crippen molar-refractivity contribution in [2.24, 2.45) is 0 Å². The Morgan fingerprint density at radius 3 is 2.06 bits per heavy atom. The third-order valence-electron chi connectivity index (χ3n) is 6.90. The predicted octanol–water partition coefficient (Wildman–Crippen LogP) is 3.78. The number of benzene rings is 3. The highest BCUT2D eigenvalue weighted by Crippen LogP contribution is 2.32. The molecular formula is C28H28FN3O3. The Morgan fingerprint density at radius 1 is 0.771 bits per heavy atom. The molecule has 6 nitrogen and oxygen atoms in total. The van der Waals surface area contributed by atoms with Crippen molar-refractivity contribution < 1.29 is 18.7 Å². The Balaban J connectivity index is 1.14. The molecule has 2 amide bonds. The fraction of sp³-hybridized carbons (Fsp3) is 0.286.